The smallest absolute Gasteiger partial charge is 0.335 e. The Bertz CT molecular complexity index is 991. The first kappa shape index (κ1) is 16.5. The summed E-state index contributed by atoms with van der Waals surface area (Å²) in [6.45, 7) is 3.85. The van der Waals surface area contributed by atoms with Gasteiger partial charge in [-0.3, -0.25) is 4.79 Å². The van der Waals surface area contributed by atoms with Crippen LogP contribution in [0.15, 0.2) is 34.9 Å². The summed E-state index contributed by atoms with van der Waals surface area (Å²) in [7, 11) is 0. The number of fused-ring (bicyclic) bond motifs is 1. The summed E-state index contributed by atoms with van der Waals surface area (Å²) >= 11 is 0. The molecule has 7 heteroatoms. The second-order valence-corrected chi connectivity index (χ2v) is 5.85. The van der Waals surface area contributed by atoms with E-state index in [1.54, 1.807) is 0 Å². The van der Waals surface area contributed by atoms with Crippen molar-refractivity contribution in [2.45, 2.75) is 20.3 Å². The third-order valence-corrected chi connectivity index (χ3v) is 3.82. The summed E-state index contributed by atoms with van der Waals surface area (Å²) in [6.07, 6.45) is -0.0629. The van der Waals surface area contributed by atoms with E-state index in [0.717, 1.165) is 16.5 Å². The number of carboxylic acids is 1. The van der Waals surface area contributed by atoms with Crippen molar-refractivity contribution in [2.24, 2.45) is 0 Å². The van der Waals surface area contributed by atoms with E-state index >= 15 is 0 Å². The van der Waals surface area contributed by atoms with E-state index in [2.05, 4.69) is 10.5 Å². The van der Waals surface area contributed by atoms with Gasteiger partial charge in [-0.05, 0) is 49.2 Å². The van der Waals surface area contributed by atoms with Gasteiger partial charge in [-0.1, -0.05) is 11.2 Å². The minimum Gasteiger partial charge on any atom is -0.506 e. The number of carbonyl (C=O) groups excluding carboxylic acids is 1. The number of hydrogen-bond donors (Lipinski definition) is 3. The van der Waals surface area contributed by atoms with E-state index in [1.165, 1.54) is 18.2 Å². The number of rotatable bonds is 4. The van der Waals surface area contributed by atoms with Crippen LogP contribution in [-0.2, 0) is 11.2 Å². The molecule has 2 aromatic carbocycles. The number of benzene rings is 2. The number of anilines is 1. The number of hydrogen-bond acceptors (Lipinski definition) is 5. The third-order valence-electron chi connectivity index (χ3n) is 3.82. The molecule has 0 radical (unpaired) electrons. The molecule has 0 bridgehead atoms. The molecule has 0 saturated heterocycles. The van der Waals surface area contributed by atoms with Crippen LogP contribution in [0.5, 0.6) is 5.75 Å². The lowest BCUT2D eigenvalue weighted by Gasteiger charge is -2.07. The Hall–Kier alpha value is -3.35. The predicted octanol–water partition coefficient (Wildman–Crippen LogP) is 3.03. The molecule has 1 heterocycles. The van der Waals surface area contributed by atoms with Crippen LogP contribution in [0.1, 0.15) is 27.2 Å². The van der Waals surface area contributed by atoms with Gasteiger partial charge in [0.2, 0.25) is 5.91 Å². The van der Waals surface area contributed by atoms with E-state index in [1.807, 2.05) is 26.0 Å². The number of carboxylic acid groups (broad SMARTS) is 1. The molecule has 3 aromatic rings. The summed E-state index contributed by atoms with van der Waals surface area (Å²) in [6, 6.07) is 7.53. The standard InChI is InChI=1S/C18H16N2O5/c1-9-5-10(2)17-12(6-9)13(20-25-17)8-16(22)19-14-7-11(18(23)24)3-4-15(14)21/h3-7,21H,8H2,1-2H3,(H,19,22)(H,23,24). The van der Waals surface area contributed by atoms with E-state index < -0.39 is 11.9 Å². The van der Waals surface area contributed by atoms with E-state index in [9.17, 15) is 14.7 Å². The normalized spacial score (nSPS) is 10.8. The molecule has 0 aliphatic carbocycles. The zero-order valence-electron chi connectivity index (χ0n) is 13.7. The van der Waals surface area contributed by atoms with Crippen molar-refractivity contribution in [3.63, 3.8) is 0 Å². The molecule has 1 aromatic heterocycles. The quantitative estimate of drug-likeness (QED) is 0.629. The highest BCUT2D eigenvalue weighted by molar-refractivity contribution is 5.98. The van der Waals surface area contributed by atoms with Gasteiger partial charge in [0.25, 0.3) is 0 Å². The van der Waals surface area contributed by atoms with Gasteiger partial charge in [0, 0.05) is 5.39 Å². The molecule has 0 spiro atoms. The molecular weight excluding hydrogens is 324 g/mol. The molecule has 0 aliphatic heterocycles. The van der Waals surface area contributed by atoms with Crippen molar-refractivity contribution in [1.82, 2.24) is 5.16 Å². The zero-order chi connectivity index (χ0) is 18.1. The maximum Gasteiger partial charge on any atom is 0.335 e. The van der Waals surface area contributed by atoms with Gasteiger partial charge in [0.1, 0.15) is 11.4 Å². The molecule has 128 valence electrons. The average Bonchev–Trinajstić information content (AvgIpc) is 2.92. The van der Waals surface area contributed by atoms with Gasteiger partial charge in [0.15, 0.2) is 5.58 Å². The molecule has 0 fully saturated rings. The summed E-state index contributed by atoms with van der Waals surface area (Å²) < 4.78 is 5.30. The summed E-state index contributed by atoms with van der Waals surface area (Å²) in [5.74, 6) is -1.80. The number of aromatic carboxylic acids is 1. The van der Waals surface area contributed by atoms with Gasteiger partial charge >= 0.3 is 5.97 Å². The Balaban J connectivity index is 1.84. The molecule has 3 rings (SSSR count). The van der Waals surface area contributed by atoms with Crippen LogP contribution in [0.25, 0.3) is 11.0 Å². The Morgan fingerprint density at radius 3 is 2.68 bits per heavy atom. The van der Waals surface area contributed by atoms with Crippen molar-refractivity contribution in [3.05, 3.63) is 52.7 Å². The predicted molar refractivity (Wildman–Crippen MR) is 90.9 cm³/mol. The molecule has 0 saturated carbocycles. The van der Waals surface area contributed by atoms with Crippen LogP contribution < -0.4 is 5.32 Å². The number of nitrogens with zero attached hydrogens (tertiary/aromatic N) is 1. The SMILES string of the molecule is Cc1cc(C)c2onc(CC(=O)Nc3cc(C(=O)O)ccc3O)c2c1. The third kappa shape index (κ3) is 3.30. The number of phenols is 1. The van der Waals surface area contributed by atoms with Crippen LogP contribution in [-0.4, -0.2) is 27.2 Å². The molecule has 25 heavy (non-hydrogen) atoms. The van der Waals surface area contributed by atoms with Crippen molar-refractivity contribution < 1.29 is 24.3 Å². The molecule has 0 atom stereocenters. The lowest BCUT2D eigenvalue weighted by molar-refractivity contribution is -0.115. The second kappa shape index (κ2) is 6.27. The van der Waals surface area contributed by atoms with E-state index in [4.69, 9.17) is 9.63 Å². The molecule has 1 amide bonds. The van der Waals surface area contributed by atoms with Gasteiger partial charge in [-0.25, -0.2) is 4.79 Å². The minimum atomic E-state index is -1.15. The van der Waals surface area contributed by atoms with Crippen LogP contribution in [0.2, 0.25) is 0 Å². The molecular formula is C18H16N2O5. The number of phenolic OH excluding ortho intramolecular Hbond substituents is 1. The number of aryl methyl sites for hydroxylation is 2. The first-order chi connectivity index (χ1) is 11.8. The average molecular weight is 340 g/mol. The van der Waals surface area contributed by atoms with Gasteiger partial charge in [-0.2, -0.15) is 0 Å². The second-order valence-electron chi connectivity index (χ2n) is 5.85. The highest BCUT2D eigenvalue weighted by Gasteiger charge is 2.16. The number of amides is 1. The van der Waals surface area contributed by atoms with Crippen molar-refractivity contribution in [3.8, 4) is 5.75 Å². The highest BCUT2D eigenvalue weighted by atomic mass is 16.5. The lowest BCUT2D eigenvalue weighted by atomic mass is 10.1. The first-order valence-electron chi connectivity index (χ1n) is 7.57. The minimum absolute atomic E-state index is 0.0325. The first-order valence-corrected chi connectivity index (χ1v) is 7.57. The van der Waals surface area contributed by atoms with Crippen LogP contribution >= 0.6 is 0 Å². The van der Waals surface area contributed by atoms with E-state index in [-0.39, 0.29) is 23.4 Å². The Kier molecular flexibility index (Phi) is 4.14. The number of carbonyl (C=O) groups is 2. The van der Waals surface area contributed by atoms with Crippen LogP contribution in [0.4, 0.5) is 5.69 Å². The number of nitrogens with one attached hydrogen (secondary N) is 1. The molecule has 0 unspecified atom stereocenters. The van der Waals surface area contributed by atoms with Crippen molar-refractivity contribution in [1.29, 1.82) is 0 Å². The summed E-state index contributed by atoms with van der Waals surface area (Å²) in [5, 5.41) is 26.0. The Labute approximate surface area is 142 Å². The van der Waals surface area contributed by atoms with E-state index in [0.29, 0.717) is 11.3 Å². The molecule has 7 nitrogen and oxygen atoms in total. The topological polar surface area (TPSA) is 113 Å². The lowest BCUT2D eigenvalue weighted by Crippen LogP contribution is -2.15. The Morgan fingerprint density at radius 1 is 1.20 bits per heavy atom. The monoisotopic (exact) mass is 340 g/mol. The van der Waals surface area contributed by atoms with Crippen molar-refractivity contribution >= 4 is 28.5 Å². The van der Waals surface area contributed by atoms with Gasteiger partial charge in [-0.15, -0.1) is 0 Å². The van der Waals surface area contributed by atoms with Crippen LogP contribution in [0.3, 0.4) is 0 Å². The fourth-order valence-corrected chi connectivity index (χ4v) is 2.68. The van der Waals surface area contributed by atoms with Gasteiger partial charge in [0.05, 0.1) is 17.7 Å². The fraction of sp³-hybridized carbons (Fsp3) is 0.167. The summed E-state index contributed by atoms with van der Waals surface area (Å²) in [4.78, 5) is 23.3. The number of aromatic hydroxyl groups is 1. The zero-order valence-corrected chi connectivity index (χ0v) is 13.7. The highest BCUT2D eigenvalue weighted by Crippen LogP contribution is 2.26. The Morgan fingerprint density at radius 2 is 1.96 bits per heavy atom. The molecule has 3 N–H and O–H groups in total. The maximum atomic E-state index is 12.3. The van der Waals surface area contributed by atoms with Crippen molar-refractivity contribution in [2.75, 3.05) is 5.32 Å². The molecule has 0 aliphatic rings. The summed E-state index contributed by atoms with van der Waals surface area (Å²) in [5.41, 5.74) is 3.07. The van der Waals surface area contributed by atoms with Gasteiger partial charge < -0.3 is 20.1 Å². The van der Waals surface area contributed by atoms with Crippen LogP contribution in [0, 0.1) is 13.8 Å². The largest absolute Gasteiger partial charge is 0.506 e. The fourth-order valence-electron chi connectivity index (χ4n) is 2.68. The maximum absolute atomic E-state index is 12.3. The number of aromatic nitrogens is 1.